The van der Waals surface area contributed by atoms with Gasteiger partial charge >= 0.3 is 0 Å². The monoisotopic (exact) mass is 325 g/mol. The quantitative estimate of drug-likeness (QED) is 0.931. The Morgan fingerprint density at radius 2 is 2.08 bits per heavy atom. The summed E-state index contributed by atoms with van der Waals surface area (Å²) in [5, 5.41) is 2.99. The van der Waals surface area contributed by atoms with Gasteiger partial charge in [-0.2, -0.15) is 0 Å². The maximum absolute atomic E-state index is 12.5. The Labute approximate surface area is 142 Å². The van der Waals surface area contributed by atoms with Crippen molar-refractivity contribution in [3.63, 3.8) is 0 Å². The molecule has 1 unspecified atom stereocenters. The number of pyridine rings is 1. The molecule has 3 rings (SSSR count). The van der Waals surface area contributed by atoms with Gasteiger partial charge in [0.2, 0.25) is 11.9 Å². The van der Waals surface area contributed by atoms with Crippen LogP contribution in [-0.2, 0) is 11.3 Å². The minimum atomic E-state index is -0.0353. The highest BCUT2D eigenvalue weighted by Crippen LogP contribution is 2.21. The van der Waals surface area contributed by atoms with Crippen molar-refractivity contribution in [2.45, 2.75) is 33.2 Å². The topological polar surface area (TPSA) is 71.0 Å². The highest BCUT2D eigenvalue weighted by Gasteiger charge is 2.27. The zero-order valence-corrected chi connectivity index (χ0v) is 14.2. The van der Waals surface area contributed by atoms with Crippen LogP contribution in [0.15, 0.2) is 30.5 Å². The zero-order valence-electron chi connectivity index (χ0n) is 14.2. The van der Waals surface area contributed by atoms with Crippen LogP contribution in [0, 0.1) is 19.8 Å². The minimum absolute atomic E-state index is 0.0353. The summed E-state index contributed by atoms with van der Waals surface area (Å²) in [4.78, 5) is 27.9. The van der Waals surface area contributed by atoms with Gasteiger partial charge in [0.25, 0.3) is 0 Å². The van der Waals surface area contributed by atoms with Crippen LogP contribution in [-0.4, -0.2) is 33.9 Å². The van der Waals surface area contributed by atoms with Crippen molar-refractivity contribution in [1.29, 1.82) is 0 Å². The zero-order chi connectivity index (χ0) is 16.9. The first-order chi connectivity index (χ1) is 11.6. The fraction of sp³-hybridized carbons (Fsp3) is 0.444. The van der Waals surface area contributed by atoms with E-state index in [1.807, 2.05) is 38.1 Å². The van der Waals surface area contributed by atoms with E-state index in [9.17, 15) is 4.79 Å². The lowest BCUT2D eigenvalue weighted by Gasteiger charge is -2.32. The van der Waals surface area contributed by atoms with Crippen molar-refractivity contribution in [3.05, 3.63) is 47.5 Å². The van der Waals surface area contributed by atoms with E-state index < -0.39 is 0 Å². The Kier molecular flexibility index (Phi) is 5.03. The van der Waals surface area contributed by atoms with E-state index in [2.05, 4.69) is 25.2 Å². The van der Waals surface area contributed by atoms with Crippen LogP contribution >= 0.6 is 0 Å². The molecule has 1 amide bonds. The molecule has 2 aromatic rings. The molecule has 0 saturated carbocycles. The number of anilines is 1. The third-order valence-corrected chi connectivity index (χ3v) is 4.22. The first-order valence-corrected chi connectivity index (χ1v) is 8.36. The summed E-state index contributed by atoms with van der Waals surface area (Å²) in [6.07, 6.45) is 3.61. The molecular formula is C18H23N5O. The maximum Gasteiger partial charge on any atom is 0.225 e. The molecule has 1 atom stereocenters. The number of aromatic nitrogens is 3. The molecule has 6 nitrogen and oxygen atoms in total. The van der Waals surface area contributed by atoms with Gasteiger partial charge < -0.3 is 10.2 Å². The van der Waals surface area contributed by atoms with Gasteiger partial charge in [-0.25, -0.2) is 9.97 Å². The van der Waals surface area contributed by atoms with E-state index in [0.29, 0.717) is 13.1 Å². The first kappa shape index (κ1) is 16.4. The lowest BCUT2D eigenvalue weighted by Crippen LogP contribution is -2.43. The molecule has 0 aliphatic carbocycles. The Balaban J connectivity index is 1.61. The molecule has 0 aromatic carbocycles. The normalized spacial score (nSPS) is 17.6. The van der Waals surface area contributed by atoms with Gasteiger partial charge in [-0.05, 0) is 44.9 Å². The van der Waals surface area contributed by atoms with Crippen molar-refractivity contribution in [2.24, 2.45) is 5.92 Å². The van der Waals surface area contributed by atoms with Gasteiger partial charge in [-0.1, -0.05) is 6.07 Å². The van der Waals surface area contributed by atoms with Crippen molar-refractivity contribution in [2.75, 3.05) is 18.0 Å². The molecule has 24 heavy (non-hydrogen) atoms. The summed E-state index contributed by atoms with van der Waals surface area (Å²) in [6.45, 7) is 5.97. The highest BCUT2D eigenvalue weighted by atomic mass is 16.1. The summed E-state index contributed by atoms with van der Waals surface area (Å²) in [5.41, 5.74) is 2.79. The Morgan fingerprint density at radius 3 is 2.79 bits per heavy atom. The number of amides is 1. The number of hydrogen-bond donors (Lipinski definition) is 1. The predicted octanol–water partition coefficient (Wildman–Crippen LogP) is 2.02. The van der Waals surface area contributed by atoms with Gasteiger partial charge in [0.1, 0.15) is 0 Å². The van der Waals surface area contributed by atoms with E-state index in [0.717, 1.165) is 42.4 Å². The minimum Gasteiger partial charge on any atom is -0.350 e. The number of carbonyl (C=O) groups excluding carboxylic acids is 1. The van der Waals surface area contributed by atoms with E-state index in [-0.39, 0.29) is 11.8 Å². The van der Waals surface area contributed by atoms with E-state index >= 15 is 0 Å². The summed E-state index contributed by atoms with van der Waals surface area (Å²) >= 11 is 0. The van der Waals surface area contributed by atoms with E-state index in [1.165, 1.54) is 0 Å². The van der Waals surface area contributed by atoms with Gasteiger partial charge in [-0.3, -0.25) is 9.78 Å². The van der Waals surface area contributed by atoms with Gasteiger partial charge in [0, 0.05) is 30.7 Å². The van der Waals surface area contributed by atoms with Crippen LogP contribution in [0.2, 0.25) is 0 Å². The van der Waals surface area contributed by atoms with Gasteiger partial charge in [-0.15, -0.1) is 0 Å². The lowest BCUT2D eigenvalue weighted by atomic mass is 9.97. The average Bonchev–Trinajstić information content (AvgIpc) is 2.60. The number of carbonyl (C=O) groups is 1. The summed E-state index contributed by atoms with van der Waals surface area (Å²) < 4.78 is 0. The molecule has 6 heteroatoms. The van der Waals surface area contributed by atoms with Crippen LogP contribution in [0.3, 0.4) is 0 Å². The molecule has 1 aliphatic heterocycles. The van der Waals surface area contributed by atoms with Crippen LogP contribution in [0.1, 0.15) is 29.9 Å². The second kappa shape index (κ2) is 7.38. The Hall–Kier alpha value is -2.50. The molecular weight excluding hydrogens is 302 g/mol. The molecule has 1 aliphatic rings. The summed E-state index contributed by atoms with van der Waals surface area (Å²) in [6, 6.07) is 7.67. The highest BCUT2D eigenvalue weighted by molar-refractivity contribution is 5.79. The number of rotatable bonds is 4. The Morgan fingerprint density at radius 1 is 1.29 bits per heavy atom. The fourth-order valence-electron chi connectivity index (χ4n) is 3.05. The second-order valence-corrected chi connectivity index (χ2v) is 6.27. The number of hydrogen-bond acceptors (Lipinski definition) is 5. The van der Waals surface area contributed by atoms with Gasteiger partial charge in [0.05, 0.1) is 18.2 Å². The SMILES string of the molecule is Cc1cc(C)nc(N2CCCC(C(=O)NCc3ccccn3)C2)n1. The Bertz CT molecular complexity index is 684. The maximum atomic E-state index is 12.5. The van der Waals surface area contributed by atoms with E-state index in [1.54, 1.807) is 6.20 Å². The molecule has 1 fully saturated rings. The molecule has 0 radical (unpaired) electrons. The molecule has 3 heterocycles. The smallest absolute Gasteiger partial charge is 0.225 e. The third-order valence-electron chi connectivity index (χ3n) is 4.22. The third kappa shape index (κ3) is 4.07. The fourth-order valence-corrected chi connectivity index (χ4v) is 3.05. The number of nitrogens with one attached hydrogen (secondary N) is 1. The van der Waals surface area contributed by atoms with Crippen LogP contribution < -0.4 is 10.2 Å². The lowest BCUT2D eigenvalue weighted by molar-refractivity contribution is -0.125. The van der Waals surface area contributed by atoms with Crippen molar-refractivity contribution in [3.8, 4) is 0 Å². The molecule has 0 spiro atoms. The molecule has 1 saturated heterocycles. The van der Waals surface area contributed by atoms with Crippen molar-refractivity contribution >= 4 is 11.9 Å². The van der Waals surface area contributed by atoms with Crippen molar-refractivity contribution < 1.29 is 4.79 Å². The standard InChI is InChI=1S/C18H23N5O/c1-13-10-14(2)22-18(21-13)23-9-5-6-15(12-23)17(24)20-11-16-7-3-4-8-19-16/h3-4,7-8,10,15H,5-6,9,11-12H2,1-2H3,(H,20,24). The van der Waals surface area contributed by atoms with Crippen LogP contribution in [0.4, 0.5) is 5.95 Å². The first-order valence-electron chi connectivity index (χ1n) is 8.36. The van der Waals surface area contributed by atoms with Crippen molar-refractivity contribution in [1.82, 2.24) is 20.3 Å². The largest absolute Gasteiger partial charge is 0.350 e. The number of piperidine rings is 1. The second-order valence-electron chi connectivity index (χ2n) is 6.27. The van der Waals surface area contributed by atoms with Crippen LogP contribution in [0.25, 0.3) is 0 Å². The summed E-state index contributed by atoms with van der Waals surface area (Å²) in [5.74, 6) is 0.774. The van der Waals surface area contributed by atoms with E-state index in [4.69, 9.17) is 0 Å². The molecule has 126 valence electrons. The number of nitrogens with zero attached hydrogens (tertiary/aromatic N) is 4. The number of aryl methyl sites for hydroxylation is 2. The predicted molar refractivity (Wildman–Crippen MR) is 92.5 cm³/mol. The molecule has 2 aromatic heterocycles. The summed E-state index contributed by atoms with van der Waals surface area (Å²) in [7, 11) is 0. The molecule has 1 N–H and O–H groups in total. The average molecular weight is 325 g/mol. The van der Waals surface area contributed by atoms with Crippen LogP contribution in [0.5, 0.6) is 0 Å². The molecule has 0 bridgehead atoms. The van der Waals surface area contributed by atoms with Gasteiger partial charge in [0.15, 0.2) is 0 Å².